The van der Waals surface area contributed by atoms with Gasteiger partial charge in [0.05, 0.1) is 0 Å². The van der Waals surface area contributed by atoms with Crippen LogP contribution in [0.4, 0.5) is 0 Å². The molecule has 0 bridgehead atoms. The molecular formula is C14H20O2. The third-order valence-electron chi connectivity index (χ3n) is 3.11. The van der Waals surface area contributed by atoms with E-state index in [2.05, 4.69) is 13.0 Å². The number of benzene rings is 1. The highest BCUT2D eigenvalue weighted by molar-refractivity contribution is 5.48. The largest absolute Gasteiger partial charge is 0.448 e. The SMILES string of the molecule is CC.Cc1cccc2c1OC(C)(C1CC1)O2. The van der Waals surface area contributed by atoms with E-state index in [-0.39, 0.29) is 0 Å². The zero-order chi connectivity index (χ0) is 11.8. The molecule has 0 N–H and O–H groups in total. The molecule has 1 heterocycles. The molecule has 2 aliphatic rings. The first-order valence-corrected chi connectivity index (χ1v) is 6.17. The monoisotopic (exact) mass is 220 g/mol. The topological polar surface area (TPSA) is 18.5 Å². The molecular weight excluding hydrogens is 200 g/mol. The van der Waals surface area contributed by atoms with Crippen LogP contribution in [0, 0.1) is 12.8 Å². The standard InChI is InChI=1S/C12H14O2.C2H6/c1-8-4-3-5-10-11(8)14-12(2,13-10)9-6-7-9;1-2/h3-5,9H,6-7H2,1-2H3;1-2H3. The van der Waals surface area contributed by atoms with Crippen LogP contribution in [-0.4, -0.2) is 5.79 Å². The Bertz CT molecular complexity index is 382. The van der Waals surface area contributed by atoms with E-state index in [1.807, 2.05) is 32.9 Å². The van der Waals surface area contributed by atoms with Crippen LogP contribution in [0.15, 0.2) is 18.2 Å². The Balaban J connectivity index is 0.000000457. The maximum absolute atomic E-state index is 5.93. The highest BCUT2D eigenvalue weighted by Crippen LogP contribution is 2.50. The Hall–Kier alpha value is -1.18. The summed E-state index contributed by atoms with van der Waals surface area (Å²) in [7, 11) is 0. The number of para-hydroxylation sites is 1. The predicted molar refractivity (Wildman–Crippen MR) is 64.9 cm³/mol. The zero-order valence-corrected chi connectivity index (χ0v) is 10.5. The van der Waals surface area contributed by atoms with Crippen molar-refractivity contribution >= 4 is 0 Å². The fourth-order valence-corrected chi connectivity index (χ4v) is 2.05. The van der Waals surface area contributed by atoms with Crippen LogP contribution in [0.3, 0.4) is 0 Å². The van der Waals surface area contributed by atoms with Gasteiger partial charge in [-0.1, -0.05) is 26.0 Å². The van der Waals surface area contributed by atoms with Crippen molar-refractivity contribution < 1.29 is 9.47 Å². The lowest BCUT2D eigenvalue weighted by Gasteiger charge is -2.22. The molecule has 0 radical (unpaired) electrons. The van der Waals surface area contributed by atoms with Crippen LogP contribution in [-0.2, 0) is 0 Å². The van der Waals surface area contributed by atoms with Crippen molar-refractivity contribution in [2.75, 3.05) is 0 Å². The van der Waals surface area contributed by atoms with Crippen LogP contribution in [0.2, 0.25) is 0 Å². The van der Waals surface area contributed by atoms with Gasteiger partial charge in [0.25, 0.3) is 5.79 Å². The molecule has 88 valence electrons. The van der Waals surface area contributed by atoms with Crippen LogP contribution >= 0.6 is 0 Å². The molecule has 0 saturated heterocycles. The lowest BCUT2D eigenvalue weighted by Crippen LogP contribution is -2.37. The summed E-state index contributed by atoms with van der Waals surface area (Å²) >= 11 is 0. The fourth-order valence-electron chi connectivity index (χ4n) is 2.05. The minimum Gasteiger partial charge on any atom is -0.448 e. The van der Waals surface area contributed by atoms with Crippen LogP contribution in [0.5, 0.6) is 11.5 Å². The molecule has 1 aromatic carbocycles. The normalized spacial score (nSPS) is 26.0. The molecule has 0 spiro atoms. The Kier molecular flexibility index (Phi) is 2.83. The first kappa shape index (κ1) is 11.3. The summed E-state index contributed by atoms with van der Waals surface area (Å²) in [6.07, 6.45) is 2.45. The van der Waals surface area contributed by atoms with Crippen LogP contribution < -0.4 is 9.47 Å². The maximum Gasteiger partial charge on any atom is 0.251 e. The molecule has 1 unspecified atom stereocenters. The molecule has 0 amide bonds. The second-order valence-corrected chi connectivity index (χ2v) is 4.40. The highest BCUT2D eigenvalue weighted by atomic mass is 16.7. The van der Waals surface area contributed by atoms with E-state index in [9.17, 15) is 0 Å². The average molecular weight is 220 g/mol. The van der Waals surface area contributed by atoms with E-state index in [0.717, 1.165) is 17.1 Å². The van der Waals surface area contributed by atoms with E-state index in [0.29, 0.717) is 5.92 Å². The summed E-state index contributed by atoms with van der Waals surface area (Å²) in [6, 6.07) is 6.05. The molecule has 3 rings (SSSR count). The number of ether oxygens (including phenoxy) is 2. The molecule has 1 aliphatic heterocycles. The van der Waals surface area contributed by atoms with Gasteiger partial charge in [0, 0.05) is 12.8 Å². The minimum absolute atomic E-state index is 0.394. The first-order chi connectivity index (χ1) is 7.69. The average Bonchev–Trinajstić information content (AvgIpc) is 3.07. The zero-order valence-electron chi connectivity index (χ0n) is 10.5. The Morgan fingerprint density at radius 1 is 1.19 bits per heavy atom. The number of hydrogen-bond donors (Lipinski definition) is 0. The lowest BCUT2D eigenvalue weighted by atomic mass is 10.2. The molecule has 2 nitrogen and oxygen atoms in total. The van der Waals surface area contributed by atoms with E-state index in [1.165, 1.54) is 12.8 Å². The highest BCUT2D eigenvalue weighted by Gasteiger charge is 2.50. The van der Waals surface area contributed by atoms with Crippen molar-refractivity contribution in [2.45, 2.75) is 46.3 Å². The van der Waals surface area contributed by atoms with E-state index >= 15 is 0 Å². The van der Waals surface area contributed by atoms with Gasteiger partial charge >= 0.3 is 0 Å². The number of hydrogen-bond acceptors (Lipinski definition) is 2. The summed E-state index contributed by atoms with van der Waals surface area (Å²) in [5.41, 5.74) is 1.16. The lowest BCUT2D eigenvalue weighted by molar-refractivity contribution is -0.0809. The van der Waals surface area contributed by atoms with Gasteiger partial charge in [-0.3, -0.25) is 0 Å². The van der Waals surface area contributed by atoms with Crippen LogP contribution in [0.1, 0.15) is 39.2 Å². The van der Waals surface area contributed by atoms with Gasteiger partial charge in [0.1, 0.15) is 0 Å². The maximum atomic E-state index is 5.93. The Labute approximate surface area is 97.6 Å². The third kappa shape index (κ3) is 1.77. The second kappa shape index (κ2) is 4.00. The second-order valence-electron chi connectivity index (χ2n) is 4.40. The predicted octanol–water partition coefficient (Wildman–Crippen LogP) is 3.92. The molecule has 16 heavy (non-hydrogen) atoms. The van der Waals surface area contributed by atoms with Gasteiger partial charge in [0.15, 0.2) is 11.5 Å². The van der Waals surface area contributed by atoms with Crippen molar-refractivity contribution in [1.82, 2.24) is 0 Å². The fraction of sp³-hybridized carbons (Fsp3) is 0.571. The van der Waals surface area contributed by atoms with E-state index in [4.69, 9.17) is 9.47 Å². The van der Waals surface area contributed by atoms with Gasteiger partial charge in [0.2, 0.25) is 0 Å². The van der Waals surface area contributed by atoms with Crippen molar-refractivity contribution in [2.24, 2.45) is 5.92 Å². The smallest absolute Gasteiger partial charge is 0.251 e. The van der Waals surface area contributed by atoms with Crippen LogP contribution in [0.25, 0.3) is 0 Å². The number of rotatable bonds is 1. The van der Waals surface area contributed by atoms with Crippen molar-refractivity contribution in [3.8, 4) is 11.5 Å². The molecule has 1 saturated carbocycles. The van der Waals surface area contributed by atoms with Crippen molar-refractivity contribution in [3.63, 3.8) is 0 Å². The third-order valence-corrected chi connectivity index (χ3v) is 3.11. The summed E-state index contributed by atoms with van der Waals surface area (Å²) in [4.78, 5) is 0. The van der Waals surface area contributed by atoms with E-state index in [1.54, 1.807) is 0 Å². The summed E-state index contributed by atoms with van der Waals surface area (Å²) in [5.74, 6) is 2.02. The van der Waals surface area contributed by atoms with E-state index < -0.39 is 5.79 Å². The van der Waals surface area contributed by atoms with Gasteiger partial charge in [-0.15, -0.1) is 0 Å². The number of fused-ring (bicyclic) bond motifs is 1. The van der Waals surface area contributed by atoms with Gasteiger partial charge in [-0.25, -0.2) is 0 Å². The van der Waals surface area contributed by atoms with Crippen molar-refractivity contribution in [3.05, 3.63) is 23.8 Å². The summed E-state index contributed by atoms with van der Waals surface area (Å²) < 4.78 is 11.8. The van der Waals surface area contributed by atoms with Gasteiger partial charge in [-0.05, 0) is 31.4 Å². The molecule has 2 heteroatoms. The number of aryl methyl sites for hydroxylation is 1. The first-order valence-electron chi connectivity index (χ1n) is 6.17. The molecule has 1 aromatic rings. The summed E-state index contributed by atoms with van der Waals surface area (Å²) in [5, 5.41) is 0. The minimum atomic E-state index is -0.394. The quantitative estimate of drug-likeness (QED) is 0.714. The Morgan fingerprint density at radius 3 is 2.44 bits per heavy atom. The molecule has 1 fully saturated rings. The molecule has 1 atom stereocenters. The van der Waals surface area contributed by atoms with Gasteiger partial charge in [-0.2, -0.15) is 0 Å². The van der Waals surface area contributed by atoms with Gasteiger partial charge < -0.3 is 9.47 Å². The summed E-state index contributed by atoms with van der Waals surface area (Å²) in [6.45, 7) is 8.10. The Morgan fingerprint density at radius 2 is 1.88 bits per heavy atom. The molecule has 1 aliphatic carbocycles. The molecule has 0 aromatic heterocycles. The van der Waals surface area contributed by atoms with Crippen molar-refractivity contribution in [1.29, 1.82) is 0 Å².